The molecule has 4 rings (SSSR count). The number of fused-ring (bicyclic) bond motifs is 4. The Bertz CT molecular complexity index is 979. The number of ether oxygens (including phenoxy) is 1. The van der Waals surface area contributed by atoms with Gasteiger partial charge in [-0.1, -0.05) is 12.1 Å². The van der Waals surface area contributed by atoms with Gasteiger partial charge in [0.25, 0.3) is 11.8 Å². The molecule has 8 nitrogen and oxygen atoms in total. The van der Waals surface area contributed by atoms with Crippen molar-refractivity contribution >= 4 is 17.7 Å². The lowest BCUT2D eigenvalue weighted by atomic mass is 10.1. The maximum absolute atomic E-state index is 13.2. The highest BCUT2D eigenvalue weighted by molar-refractivity contribution is 5.95. The van der Waals surface area contributed by atoms with E-state index in [1.165, 1.54) is 0 Å². The van der Waals surface area contributed by atoms with Gasteiger partial charge in [-0.15, -0.1) is 0 Å². The fourth-order valence-corrected chi connectivity index (χ4v) is 4.16. The summed E-state index contributed by atoms with van der Waals surface area (Å²) in [6.45, 7) is 2.85. The van der Waals surface area contributed by atoms with Crippen LogP contribution in [0.5, 0.6) is 5.75 Å². The van der Waals surface area contributed by atoms with E-state index in [9.17, 15) is 14.4 Å². The Morgan fingerprint density at radius 2 is 1.97 bits per heavy atom. The van der Waals surface area contributed by atoms with Gasteiger partial charge in [0.2, 0.25) is 5.91 Å². The fourth-order valence-electron chi connectivity index (χ4n) is 4.16. The monoisotopic (exact) mass is 422 g/mol. The van der Waals surface area contributed by atoms with Crippen molar-refractivity contribution < 1.29 is 19.1 Å². The minimum atomic E-state index is -0.245. The standard InChI is InChI=1S/C23H26N4O4/c1-15-5-6-16-12-20(15)31-11-10-25-21(28)13-17-7-8-18(14-26-22(16)29)27(17)23(30)19-4-2-3-9-24-19/h2-6,9,12,17-18H,7-8,10-11,13-14H2,1H3,(H,25,28)(H,26,29)/t17-,18+/m0/s1. The van der Waals surface area contributed by atoms with Crippen LogP contribution in [0.2, 0.25) is 0 Å². The SMILES string of the molecule is Cc1ccc2cc1OCCNC(=O)C[C@@H]1CC[C@H](CNC2=O)N1C(=O)c1ccccn1. The number of carbonyl (C=O) groups is 3. The van der Waals surface area contributed by atoms with Gasteiger partial charge in [-0.3, -0.25) is 19.4 Å². The number of aromatic nitrogens is 1. The number of nitrogens with one attached hydrogen (secondary N) is 2. The van der Waals surface area contributed by atoms with Crippen LogP contribution in [-0.2, 0) is 4.79 Å². The van der Waals surface area contributed by atoms with Gasteiger partial charge in [0.1, 0.15) is 18.1 Å². The molecule has 0 unspecified atom stereocenters. The summed E-state index contributed by atoms with van der Waals surface area (Å²) in [6, 6.07) is 10.0. The average molecular weight is 422 g/mol. The van der Waals surface area contributed by atoms with Gasteiger partial charge in [0.05, 0.1) is 6.54 Å². The van der Waals surface area contributed by atoms with Gasteiger partial charge in [0, 0.05) is 36.8 Å². The number of carbonyl (C=O) groups excluding carboxylic acids is 3. The highest BCUT2D eigenvalue weighted by atomic mass is 16.5. The van der Waals surface area contributed by atoms with E-state index in [1.54, 1.807) is 41.4 Å². The first kappa shape index (κ1) is 20.8. The van der Waals surface area contributed by atoms with Crippen LogP contribution >= 0.6 is 0 Å². The molecule has 2 aromatic rings. The molecule has 3 heterocycles. The minimum Gasteiger partial charge on any atom is -0.491 e. The molecule has 2 aliphatic heterocycles. The Balaban J connectivity index is 1.60. The molecular formula is C23H26N4O4. The molecule has 0 radical (unpaired) electrons. The molecule has 1 saturated heterocycles. The van der Waals surface area contributed by atoms with E-state index in [-0.39, 0.29) is 36.2 Å². The van der Waals surface area contributed by atoms with E-state index < -0.39 is 0 Å². The maximum atomic E-state index is 13.2. The third-order valence-corrected chi connectivity index (χ3v) is 5.79. The first-order valence-corrected chi connectivity index (χ1v) is 10.5. The predicted octanol–water partition coefficient (Wildman–Crippen LogP) is 1.69. The van der Waals surface area contributed by atoms with Crippen molar-refractivity contribution in [3.05, 3.63) is 59.4 Å². The topological polar surface area (TPSA) is 101 Å². The number of hydrogen-bond acceptors (Lipinski definition) is 5. The lowest BCUT2D eigenvalue weighted by Gasteiger charge is -2.30. The van der Waals surface area contributed by atoms with Crippen molar-refractivity contribution in [2.45, 2.75) is 38.3 Å². The summed E-state index contributed by atoms with van der Waals surface area (Å²) >= 11 is 0. The molecule has 0 saturated carbocycles. The lowest BCUT2D eigenvalue weighted by Crippen LogP contribution is -2.48. The number of nitrogens with zero attached hydrogens (tertiary/aromatic N) is 2. The maximum Gasteiger partial charge on any atom is 0.273 e. The summed E-state index contributed by atoms with van der Waals surface area (Å²) in [5.74, 6) is 0.0470. The fraction of sp³-hybridized carbons (Fsp3) is 0.391. The van der Waals surface area contributed by atoms with Crippen LogP contribution in [0.1, 0.15) is 45.7 Å². The zero-order chi connectivity index (χ0) is 21.8. The number of amides is 3. The summed E-state index contributed by atoms with van der Waals surface area (Å²) in [4.78, 5) is 44.4. The number of rotatable bonds is 1. The second-order valence-corrected chi connectivity index (χ2v) is 7.91. The first-order valence-electron chi connectivity index (χ1n) is 10.5. The van der Waals surface area contributed by atoms with E-state index >= 15 is 0 Å². The van der Waals surface area contributed by atoms with Gasteiger partial charge in [0.15, 0.2) is 0 Å². The summed E-state index contributed by atoms with van der Waals surface area (Å²) in [5.41, 5.74) is 1.75. The van der Waals surface area contributed by atoms with Crippen molar-refractivity contribution in [1.29, 1.82) is 0 Å². The molecule has 0 spiro atoms. The van der Waals surface area contributed by atoms with Crippen LogP contribution in [0.25, 0.3) is 0 Å². The Kier molecular flexibility index (Phi) is 6.16. The molecule has 162 valence electrons. The van der Waals surface area contributed by atoms with Gasteiger partial charge >= 0.3 is 0 Å². The molecule has 1 aromatic heterocycles. The van der Waals surface area contributed by atoms with E-state index in [2.05, 4.69) is 15.6 Å². The Labute approximate surface area is 181 Å². The molecule has 2 atom stereocenters. The summed E-state index contributed by atoms with van der Waals surface area (Å²) in [6.07, 6.45) is 3.18. The second-order valence-electron chi connectivity index (χ2n) is 7.91. The molecule has 0 aliphatic carbocycles. The summed E-state index contributed by atoms with van der Waals surface area (Å²) in [7, 11) is 0. The van der Waals surface area contributed by atoms with Crippen molar-refractivity contribution in [1.82, 2.24) is 20.5 Å². The van der Waals surface area contributed by atoms with Crippen LogP contribution in [-0.4, -0.2) is 59.4 Å². The summed E-state index contributed by atoms with van der Waals surface area (Å²) < 4.78 is 5.76. The highest BCUT2D eigenvalue weighted by Gasteiger charge is 2.38. The van der Waals surface area contributed by atoms with Gasteiger partial charge in [-0.2, -0.15) is 0 Å². The summed E-state index contributed by atoms with van der Waals surface area (Å²) in [5, 5.41) is 5.82. The van der Waals surface area contributed by atoms with Gasteiger partial charge < -0.3 is 20.3 Å². The second kappa shape index (κ2) is 9.16. The molecule has 3 amide bonds. The Morgan fingerprint density at radius 1 is 1.13 bits per heavy atom. The van der Waals surface area contributed by atoms with Crippen molar-refractivity contribution in [2.75, 3.05) is 19.7 Å². The van der Waals surface area contributed by atoms with Crippen molar-refractivity contribution in [2.24, 2.45) is 0 Å². The zero-order valence-electron chi connectivity index (χ0n) is 17.5. The van der Waals surface area contributed by atoms with Crippen LogP contribution in [0.15, 0.2) is 42.6 Å². The minimum absolute atomic E-state index is 0.127. The molecule has 1 fully saturated rings. The normalized spacial score (nSPS) is 21.9. The number of aryl methyl sites for hydroxylation is 1. The van der Waals surface area contributed by atoms with Crippen LogP contribution in [0, 0.1) is 6.92 Å². The van der Waals surface area contributed by atoms with E-state index in [4.69, 9.17) is 4.74 Å². The van der Waals surface area contributed by atoms with E-state index in [0.29, 0.717) is 49.5 Å². The third-order valence-electron chi connectivity index (χ3n) is 5.79. The van der Waals surface area contributed by atoms with Gasteiger partial charge in [-0.25, -0.2) is 0 Å². The zero-order valence-corrected chi connectivity index (χ0v) is 17.5. The highest BCUT2D eigenvalue weighted by Crippen LogP contribution is 2.28. The molecule has 31 heavy (non-hydrogen) atoms. The quantitative estimate of drug-likeness (QED) is 0.729. The van der Waals surface area contributed by atoms with E-state index in [0.717, 1.165) is 5.56 Å². The molecular weight excluding hydrogens is 396 g/mol. The molecule has 2 aliphatic rings. The van der Waals surface area contributed by atoms with Crippen molar-refractivity contribution in [3.8, 4) is 5.75 Å². The molecule has 8 heteroatoms. The third kappa shape index (κ3) is 4.68. The number of hydrogen-bond donors (Lipinski definition) is 2. The number of benzene rings is 1. The van der Waals surface area contributed by atoms with Crippen LogP contribution in [0.4, 0.5) is 0 Å². The molecule has 1 aromatic carbocycles. The van der Waals surface area contributed by atoms with Crippen LogP contribution in [0.3, 0.4) is 0 Å². The first-order chi connectivity index (χ1) is 15.0. The molecule has 4 bridgehead atoms. The molecule has 2 N–H and O–H groups in total. The lowest BCUT2D eigenvalue weighted by molar-refractivity contribution is -0.122. The number of pyridine rings is 1. The van der Waals surface area contributed by atoms with Crippen molar-refractivity contribution in [3.63, 3.8) is 0 Å². The Hall–Kier alpha value is -3.42. The van der Waals surface area contributed by atoms with Crippen LogP contribution < -0.4 is 15.4 Å². The smallest absolute Gasteiger partial charge is 0.273 e. The van der Waals surface area contributed by atoms with Gasteiger partial charge in [-0.05, 0) is 49.6 Å². The average Bonchev–Trinajstić information content (AvgIpc) is 3.17. The predicted molar refractivity (Wildman–Crippen MR) is 114 cm³/mol. The Morgan fingerprint density at radius 3 is 2.77 bits per heavy atom. The van der Waals surface area contributed by atoms with E-state index in [1.807, 2.05) is 13.0 Å². The largest absolute Gasteiger partial charge is 0.491 e.